The summed E-state index contributed by atoms with van der Waals surface area (Å²) in [7, 11) is 1.49. The van der Waals surface area contributed by atoms with Crippen molar-refractivity contribution in [3.63, 3.8) is 0 Å². The van der Waals surface area contributed by atoms with Gasteiger partial charge in [-0.15, -0.1) is 0 Å². The lowest BCUT2D eigenvalue weighted by molar-refractivity contribution is 0.0696. The molecule has 0 atom stereocenters. The summed E-state index contributed by atoms with van der Waals surface area (Å²) < 4.78 is 6.40. The molecule has 2 aromatic heterocycles. The van der Waals surface area contributed by atoms with Gasteiger partial charge in [-0.2, -0.15) is 0 Å². The first-order valence-electron chi connectivity index (χ1n) is 5.53. The van der Waals surface area contributed by atoms with E-state index in [1.165, 1.54) is 30.0 Å². The normalized spacial score (nSPS) is 10.2. The molecule has 2 heterocycles. The highest BCUT2D eigenvalue weighted by Crippen LogP contribution is 2.14. The van der Waals surface area contributed by atoms with Crippen molar-refractivity contribution in [2.75, 3.05) is 7.11 Å². The van der Waals surface area contributed by atoms with Crippen LogP contribution in [0.15, 0.2) is 41.5 Å². The summed E-state index contributed by atoms with van der Waals surface area (Å²) in [4.78, 5) is 26.6. The quantitative estimate of drug-likeness (QED) is 0.886. The smallest absolute Gasteiger partial charge is 0.337 e. The second-order valence-corrected chi connectivity index (χ2v) is 3.86. The maximum atomic E-state index is 11.7. The van der Waals surface area contributed by atoms with Gasteiger partial charge in [0.1, 0.15) is 0 Å². The fourth-order valence-electron chi connectivity index (χ4n) is 1.69. The number of aromatic carboxylic acids is 1. The molecule has 0 saturated heterocycles. The number of hydrogen-bond acceptors (Lipinski definition) is 4. The molecule has 6 heteroatoms. The van der Waals surface area contributed by atoms with Gasteiger partial charge in [0.2, 0.25) is 5.88 Å². The van der Waals surface area contributed by atoms with Crippen molar-refractivity contribution < 1.29 is 14.6 Å². The average Bonchev–Trinajstić information content (AvgIpc) is 2.41. The fourth-order valence-corrected chi connectivity index (χ4v) is 1.69. The maximum absolute atomic E-state index is 11.7. The summed E-state index contributed by atoms with van der Waals surface area (Å²) >= 11 is 0. The summed E-state index contributed by atoms with van der Waals surface area (Å²) in [5.74, 6) is -0.665. The predicted molar refractivity (Wildman–Crippen MR) is 67.6 cm³/mol. The Morgan fingerprint density at radius 3 is 2.89 bits per heavy atom. The third-order valence-electron chi connectivity index (χ3n) is 2.61. The molecular formula is C13H12N2O4. The fraction of sp³-hybridized carbons (Fsp3) is 0.154. The van der Waals surface area contributed by atoms with E-state index in [9.17, 15) is 9.59 Å². The zero-order valence-corrected chi connectivity index (χ0v) is 10.2. The lowest BCUT2D eigenvalue weighted by Gasteiger charge is -2.09. The van der Waals surface area contributed by atoms with E-state index in [0.717, 1.165) is 0 Å². The van der Waals surface area contributed by atoms with Gasteiger partial charge in [0.25, 0.3) is 5.56 Å². The first-order chi connectivity index (χ1) is 9.11. The van der Waals surface area contributed by atoms with Crippen molar-refractivity contribution in [3.8, 4) is 5.88 Å². The number of carbonyl (C=O) groups is 1. The lowest BCUT2D eigenvalue weighted by Crippen LogP contribution is -2.21. The van der Waals surface area contributed by atoms with Crippen molar-refractivity contribution in [2.45, 2.75) is 6.54 Å². The molecule has 0 bridgehead atoms. The van der Waals surface area contributed by atoms with E-state index < -0.39 is 5.97 Å². The number of hydrogen-bond donors (Lipinski definition) is 1. The third kappa shape index (κ3) is 2.79. The molecule has 0 spiro atoms. The van der Waals surface area contributed by atoms with Crippen LogP contribution in [0.2, 0.25) is 0 Å². The molecule has 0 saturated carbocycles. The topological polar surface area (TPSA) is 81.4 Å². The second-order valence-electron chi connectivity index (χ2n) is 3.86. The first kappa shape index (κ1) is 12.8. The highest BCUT2D eigenvalue weighted by Gasteiger charge is 2.08. The zero-order chi connectivity index (χ0) is 13.8. The molecule has 0 aliphatic heterocycles. The number of ether oxygens (including phenoxy) is 1. The van der Waals surface area contributed by atoms with E-state index >= 15 is 0 Å². The van der Waals surface area contributed by atoms with Crippen molar-refractivity contribution in [2.24, 2.45) is 0 Å². The van der Waals surface area contributed by atoms with Crippen molar-refractivity contribution >= 4 is 5.97 Å². The Morgan fingerprint density at radius 1 is 1.42 bits per heavy atom. The Morgan fingerprint density at radius 2 is 2.21 bits per heavy atom. The van der Waals surface area contributed by atoms with Crippen LogP contribution in [0.3, 0.4) is 0 Å². The molecule has 0 aliphatic rings. The summed E-state index contributed by atoms with van der Waals surface area (Å²) in [6.45, 7) is 0.205. The Balaban J connectivity index is 2.40. The Labute approximate surface area is 108 Å². The molecule has 0 aromatic carbocycles. The van der Waals surface area contributed by atoms with Crippen molar-refractivity contribution in [1.82, 2.24) is 9.55 Å². The monoisotopic (exact) mass is 260 g/mol. The van der Waals surface area contributed by atoms with Gasteiger partial charge in [-0.1, -0.05) is 6.07 Å². The number of carboxylic acid groups (broad SMARTS) is 1. The second kappa shape index (κ2) is 5.34. The van der Waals surface area contributed by atoms with Crippen LogP contribution in [0.25, 0.3) is 0 Å². The lowest BCUT2D eigenvalue weighted by atomic mass is 10.2. The van der Waals surface area contributed by atoms with Gasteiger partial charge in [-0.05, 0) is 12.1 Å². The minimum absolute atomic E-state index is 0.0578. The highest BCUT2D eigenvalue weighted by atomic mass is 16.5. The molecular weight excluding hydrogens is 248 g/mol. The van der Waals surface area contributed by atoms with Crippen LogP contribution in [0.1, 0.15) is 15.9 Å². The van der Waals surface area contributed by atoms with Crippen LogP contribution in [0.5, 0.6) is 5.88 Å². The minimum atomic E-state index is -1.08. The molecule has 0 radical (unpaired) electrons. The van der Waals surface area contributed by atoms with Crippen LogP contribution in [0, 0.1) is 0 Å². The summed E-state index contributed by atoms with van der Waals surface area (Å²) in [5, 5.41) is 8.91. The number of carboxylic acids is 1. The van der Waals surface area contributed by atoms with E-state index in [1.807, 2.05) is 0 Å². The molecule has 2 rings (SSSR count). The van der Waals surface area contributed by atoms with E-state index in [0.29, 0.717) is 11.4 Å². The van der Waals surface area contributed by atoms with Gasteiger partial charge in [0, 0.05) is 24.0 Å². The molecule has 0 unspecified atom stereocenters. The molecule has 1 N–H and O–H groups in total. The van der Waals surface area contributed by atoms with Crippen LogP contribution >= 0.6 is 0 Å². The minimum Gasteiger partial charge on any atom is -0.481 e. The van der Waals surface area contributed by atoms with E-state index in [1.54, 1.807) is 18.3 Å². The van der Waals surface area contributed by atoms with Gasteiger partial charge >= 0.3 is 5.97 Å². The highest BCUT2D eigenvalue weighted by molar-refractivity contribution is 5.87. The van der Waals surface area contributed by atoms with Gasteiger partial charge in [-0.25, -0.2) is 9.78 Å². The summed E-state index contributed by atoms with van der Waals surface area (Å²) in [6, 6.07) is 6.00. The number of rotatable bonds is 4. The molecule has 2 aromatic rings. The molecule has 0 fully saturated rings. The van der Waals surface area contributed by atoms with Crippen molar-refractivity contribution in [3.05, 3.63) is 58.1 Å². The number of aromatic nitrogens is 2. The molecule has 98 valence electrons. The van der Waals surface area contributed by atoms with Gasteiger partial charge in [0.15, 0.2) is 0 Å². The van der Waals surface area contributed by atoms with Crippen molar-refractivity contribution in [1.29, 1.82) is 0 Å². The van der Waals surface area contributed by atoms with E-state index in [2.05, 4.69) is 4.98 Å². The zero-order valence-electron chi connectivity index (χ0n) is 10.2. The van der Waals surface area contributed by atoms with Crippen LogP contribution in [-0.4, -0.2) is 27.7 Å². The Kier molecular flexibility index (Phi) is 3.61. The predicted octanol–water partition coefficient (Wildman–Crippen LogP) is 0.998. The van der Waals surface area contributed by atoms with Crippen LogP contribution in [0.4, 0.5) is 0 Å². The number of nitrogens with zero attached hydrogens (tertiary/aromatic N) is 2. The standard InChI is InChI=1S/C13H12N2O4/c1-19-12-9(3-2-6-14-12)7-15-8-10(13(17)18)4-5-11(15)16/h2-6,8H,7H2,1H3,(H,17,18). The largest absolute Gasteiger partial charge is 0.481 e. The first-order valence-corrected chi connectivity index (χ1v) is 5.53. The van der Waals surface area contributed by atoms with Crippen LogP contribution in [-0.2, 0) is 6.54 Å². The third-order valence-corrected chi connectivity index (χ3v) is 2.61. The molecule has 6 nitrogen and oxygen atoms in total. The summed E-state index contributed by atoms with van der Waals surface area (Å²) in [5.41, 5.74) is 0.480. The number of methoxy groups -OCH3 is 1. The van der Waals surface area contributed by atoms with E-state index in [-0.39, 0.29) is 17.7 Å². The molecule has 0 amide bonds. The average molecular weight is 260 g/mol. The molecule has 0 aliphatic carbocycles. The Bertz CT molecular complexity index is 664. The molecule has 19 heavy (non-hydrogen) atoms. The number of pyridine rings is 2. The summed E-state index contributed by atoms with van der Waals surface area (Å²) in [6.07, 6.45) is 2.88. The maximum Gasteiger partial charge on any atom is 0.337 e. The van der Waals surface area contributed by atoms with Crippen LogP contribution < -0.4 is 10.3 Å². The van der Waals surface area contributed by atoms with Gasteiger partial charge in [0.05, 0.1) is 19.2 Å². The SMILES string of the molecule is COc1ncccc1Cn1cc(C(=O)O)ccc1=O. The van der Waals surface area contributed by atoms with Gasteiger partial charge in [-0.3, -0.25) is 4.79 Å². The van der Waals surface area contributed by atoms with E-state index in [4.69, 9.17) is 9.84 Å². The van der Waals surface area contributed by atoms with Gasteiger partial charge < -0.3 is 14.4 Å². The Hall–Kier alpha value is -2.63.